The number of aryl methyl sites for hydroxylation is 1. The predicted octanol–water partition coefficient (Wildman–Crippen LogP) is 2.44. The minimum atomic E-state index is -0.679. The topological polar surface area (TPSA) is 53.0 Å². The zero-order valence-electron chi connectivity index (χ0n) is 14.4. The number of carboxylic acids is 1. The molecular formula is C18H28N2O3S. The van der Waals surface area contributed by atoms with Gasteiger partial charge in [0.25, 0.3) is 0 Å². The van der Waals surface area contributed by atoms with E-state index in [1.807, 2.05) is 11.3 Å². The van der Waals surface area contributed by atoms with E-state index in [-0.39, 0.29) is 6.42 Å². The zero-order valence-corrected chi connectivity index (χ0v) is 15.3. The van der Waals surface area contributed by atoms with Gasteiger partial charge in [-0.1, -0.05) is 0 Å². The molecule has 6 heteroatoms. The summed E-state index contributed by atoms with van der Waals surface area (Å²) in [7, 11) is 0. The van der Waals surface area contributed by atoms with Gasteiger partial charge in [-0.2, -0.15) is 0 Å². The van der Waals surface area contributed by atoms with Crippen molar-refractivity contribution in [3.8, 4) is 0 Å². The zero-order chi connectivity index (χ0) is 16.9. The van der Waals surface area contributed by atoms with Gasteiger partial charge in [0, 0.05) is 54.9 Å². The molecule has 3 heterocycles. The van der Waals surface area contributed by atoms with Crippen LogP contribution in [0.5, 0.6) is 0 Å². The third-order valence-corrected chi connectivity index (χ3v) is 6.18. The van der Waals surface area contributed by atoms with Crippen LogP contribution in [-0.2, 0) is 16.1 Å². The van der Waals surface area contributed by atoms with E-state index >= 15 is 0 Å². The minimum absolute atomic E-state index is 0.275. The average Bonchev–Trinajstić information content (AvgIpc) is 2.99. The lowest BCUT2D eigenvalue weighted by Crippen LogP contribution is -2.53. The van der Waals surface area contributed by atoms with Crippen molar-refractivity contribution in [2.24, 2.45) is 5.92 Å². The van der Waals surface area contributed by atoms with Crippen LogP contribution < -0.4 is 0 Å². The molecule has 3 rings (SSSR count). The Kier molecular flexibility index (Phi) is 6.27. The summed E-state index contributed by atoms with van der Waals surface area (Å²) >= 11 is 1.87. The van der Waals surface area contributed by atoms with E-state index in [2.05, 4.69) is 28.9 Å². The number of hydrogen-bond acceptors (Lipinski definition) is 5. The van der Waals surface area contributed by atoms with E-state index < -0.39 is 5.97 Å². The second-order valence-corrected chi connectivity index (χ2v) is 8.32. The van der Waals surface area contributed by atoms with Gasteiger partial charge in [-0.25, -0.2) is 0 Å². The SMILES string of the molecule is Cc1ccc(CN2CC[C@H](N3CCOCC3)[C@H](CCC(=O)O)C2)s1. The van der Waals surface area contributed by atoms with E-state index in [1.54, 1.807) is 0 Å². The molecule has 0 amide bonds. The molecule has 5 nitrogen and oxygen atoms in total. The molecule has 24 heavy (non-hydrogen) atoms. The molecule has 2 fully saturated rings. The first kappa shape index (κ1) is 17.9. The van der Waals surface area contributed by atoms with Crippen LogP contribution in [0.3, 0.4) is 0 Å². The van der Waals surface area contributed by atoms with E-state index in [9.17, 15) is 4.79 Å². The molecular weight excluding hydrogens is 324 g/mol. The summed E-state index contributed by atoms with van der Waals surface area (Å²) < 4.78 is 5.48. The summed E-state index contributed by atoms with van der Waals surface area (Å²) in [6.45, 7) is 8.83. The standard InChI is InChI=1S/C18H28N2O3S/c1-14-2-4-16(24-14)13-19-7-6-17(20-8-10-23-11-9-20)15(12-19)3-5-18(21)22/h2,4,15,17H,3,5-13H2,1H3,(H,21,22)/t15-,17+/m1/s1. The number of thiophene rings is 1. The number of hydrogen-bond donors (Lipinski definition) is 1. The number of piperidine rings is 1. The summed E-state index contributed by atoms with van der Waals surface area (Å²) in [6, 6.07) is 4.91. The Morgan fingerprint density at radius 2 is 2.12 bits per heavy atom. The Balaban J connectivity index is 1.62. The first-order valence-corrected chi connectivity index (χ1v) is 9.75. The Hall–Kier alpha value is -0.950. The van der Waals surface area contributed by atoms with E-state index in [4.69, 9.17) is 9.84 Å². The van der Waals surface area contributed by atoms with Crippen LogP contribution in [0, 0.1) is 12.8 Å². The number of aliphatic carboxylic acids is 1. The minimum Gasteiger partial charge on any atom is -0.481 e. The van der Waals surface area contributed by atoms with Gasteiger partial charge in [-0.15, -0.1) is 11.3 Å². The summed E-state index contributed by atoms with van der Waals surface area (Å²) in [4.78, 5) is 18.9. The molecule has 2 aliphatic rings. The Labute approximate surface area is 148 Å². The van der Waals surface area contributed by atoms with Gasteiger partial charge >= 0.3 is 5.97 Å². The quantitative estimate of drug-likeness (QED) is 0.852. The maximum Gasteiger partial charge on any atom is 0.303 e. The fourth-order valence-electron chi connectivity index (χ4n) is 4.01. The van der Waals surface area contributed by atoms with Crippen LogP contribution >= 0.6 is 11.3 Å². The van der Waals surface area contributed by atoms with Crippen LogP contribution in [0.25, 0.3) is 0 Å². The maximum atomic E-state index is 11.1. The van der Waals surface area contributed by atoms with Crippen LogP contribution in [-0.4, -0.2) is 66.3 Å². The number of carboxylic acid groups (broad SMARTS) is 1. The molecule has 2 saturated heterocycles. The van der Waals surface area contributed by atoms with Crippen molar-refractivity contribution in [3.63, 3.8) is 0 Å². The van der Waals surface area contributed by atoms with Gasteiger partial charge in [-0.05, 0) is 37.8 Å². The Morgan fingerprint density at radius 3 is 2.79 bits per heavy atom. The fraction of sp³-hybridized carbons (Fsp3) is 0.722. The van der Waals surface area contributed by atoms with Crippen LogP contribution in [0.2, 0.25) is 0 Å². The number of rotatable bonds is 6. The lowest BCUT2D eigenvalue weighted by atomic mass is 9.86. The van der Waals surface area contributed by atoms with Crippen molar-refractivity contribution in [2.75, 3.05) is 39.4 Å². The highest BCUT2D eigenvalue weighted by Crippen LogP contribution is 2.29. The van der Waals surface area contributed by atoms with E-state index in [0.29, 0.717) is 12.0 Å². The maximum absolute atomic E-state index is 11.1. The number of ether oxygens (including phenoxy) is 1. The van der Waals surface area contributed by atoms with E-state index in [1.165, 1.54) is 9.75 Å². The van der Waals surface area contributed by atoms with Gasteiger partial charge in [0.1, 0.15) is 0 Å². The monoisotopic (exact) mass is 352 g/mol. The Morgan fingerprint density at radius 1 is 1.33 bits per heavy atom. The predicted molar refractivity (Wildman–Crippen MR) is 95.5 cm³/mol. The molecule has 0 unspecified atom stereocenters. The first-order valence-electron chi connectivity index (χ1n) is 8.93. The molecule has 0 spiro atoms. The summed E-state index contributed by atoms with van der Waals surface area (Å²) in [5.74, 6) is -0.240. The molecule has 1 N–H and O–H groups in total. The summed E-state index contributed by atoms with van der Waals surface area (Å²) in [5, 5.41) is 9.10. The highest BCUT2D eigenvalue weighted by Gasteiger charge is 2.34. The molecule has 0 bridgehead atoms. The number of likely N-dealkylation sites (tertiary alicyclic amines) is 1. The second-order valence-electron chi connectivity index (χ2n) is 6.94. The second kappa shape index (κ2) is 8.43. The van der Waals surface area contributed by atoms with E-state index in [0.717, 1.165) is 58.8 Å². The van der Waals surface area contributed by atoms with Crippen LogP contribution in [0.15, 0.2) is 12.1 Å². The number of nitrogens with zero attached hydrogens (tertiary/aromatic N) is 2. The largest absolute Gasteiger partial charge is 0.481 e. The normalized spacial score (nSPS) is 26.5. The summed E-state index contributed by atoms with van der Waals surface area (Å²) in [5.41, 5.74) is 0. The van der Waals surface area contributed by atoms with Gasteiger partial charge in [-0.3, -0.25) is 14.6 Å². The average molecular weight is 353 g/mol. The number of carbonyl (C=O) groups is 1. The molecule has 1 aromatic rings. The van der Waals surface area contributed by atoms with Gasteiger partial charge in [0.05, 0.1) is 13.2 Å². The highest BCUT2D eigenvalue weighted by atomic mass is 32.1. The van der Waals surface area contributed by atoms with Gasteiger partial charge in [0.15, 0.2) is 0 Å². The first-order chi connectivity index (χ1) is 11.6. The van der Waals surface area contributed by atoms with Crippen molar-refractivity contribution in [2.45, 2.75) is 38.8 Å². The van der Waals surface area contributed by atoms with Gasteiger partial charge in [0.2, 0.25) is 0 Å². The third-order valence-electron chi connectivity index (χ3n) is 5.20. The van der Waals surface area contributed by atoms with Crippen molar-refractivity contribution in [1.29, 1.82) is 0 Å². The highest BCUT2D eigenvalue weighted by molar-refractivity contribution is 7.11. The Bertz CT molecular complexity index is 542. The van der Waals surface area contributed by atoms with Crippen LogP contribution in [0.4, 0.5) is 0 Å². The molecule has 0 aromatic carbocycles. The number of morpholine rings is 1. The molecule has 0 radical (unpaired) electrons. The molecule has 0 saturated carbocycles. The van der Waals surface area contributed by atoms with Crippen LogP contribution in [0.1, 0.15) is 29.0 Å². The van der Waals surface area contributed by atoms with Crippen molar-refractivity contribution >= 4 is 17.3 Å². The molecule has 2 aliphatic heterocycles. The third kappa shape index (κ3) is 4.79. The lowest BCUT2D eigenvalue weighted by Gasteiger charge is -2.45. The smallest absolute Gasteiger partial charge is 0.303 e. The van der Waals surface area contributed by atoms with Crippen molar-refractivity contribution < 1.29 is 14.6 Å². The molecule has 1 aromatic heterocycles. The van der Waals surface area contributed by atoms with Gasteiger partial charge < -0.3 is 9.84 Å². The molecule has 134 valence electrons. The molecule has 2 atom stereocenters. The molecule has 0 aliphatic carbocycles. The summed E-state index contributed by atoms with van der Waals surface area (Å²) in [6.07, 6.45) is 2.18. The lowest BCUT2D eigenvalue weighted by molar-refractivity contribution is -0.137. The van der Waals surface area contributed by atoms with Crippen molar-refractivity contribution in [3.05, 3.63) is 21.9 Å². The van der Waals surface area contributed by atoms with Crippen molar-refractivity contribution in [1.82, 2.24) is 9.80 Å². The fourth-order valence-corrected chi connectivity index (χ4v) is 4.94.